The van der Waals surface area contributed by atoms with Crippen LogP contribution in [-0.2, 0) is 22.2 Å². The van der Waals surface area contributed by atoms with Gasteiger partial charge in [0.2, 0.25) is 0 Å². The number of ether oxygens (including phenoxy) is 1. The van der Waals surface area contributed by atoms with Gasteiger partial charge in [0.15, 0.2) is 0 Å². The Bertz CT molecular complexity index is 811. The van der Waals surface area contributed by atoms with E-state index in [0.29, 0.717) is 16.4 Å². The zero-order chi connectivity index (χ0) is 18.8. The highest BCUT2D eigenvalue weighted by molar-refractivity contribution is 14.1. The molecule has 0 aliphatic heterocycles. The highest BCUT2D eigenvalue weighted by atomic mass is 127. The maximum atomic E-state index is 13.0. The Kier molecular flexibility index (Phi) is 6.06. The van der Waals surface area contributed by atoms with Crippen LogP contribution in [0.2, 0.25) is 0 Å². The number of nitrogens with zero attached hydrogens (tertiary/aromatic N) is 1. The fourth-order valence-electron chi connectivity index (χ4n) is 2.04. The number of carbonyl (C=O) groups excluding carboxylic acids is 1. The molecular formula is C15H10F3INO4S-. The second-order valence-electron chi connectivity index (χ2n) is 4.71. The molecule has 0 aliphatic carbocycles. The first-order chi connectivity index (χ1) is 11.6. The number of carbonyl (C=O) groups is 1. The van der Waals surface area contributed by atoms with Gasteiger partial charge in [-0.2, -0.15) is 13.2 Å². The number of hydrogen-bond acceptors (Lipinski definition) is 4. The number of hydrogen-bond donors (Lipinski definition) is 0. The van der Waals surface area contributed by atoms with Crippen molar-refractivity contribution in [3.05, 3.63) is 57.2 Å². The fourth-order valence-corrected chi connectivity index (χ4v) is 3.01. The van der Waals surface area contributed by atoms with Crippen LogP contribution in [0.3, 0.4) is 0 Å². The van der Waals surface area contributed by atoms with E-state index in [1.54, 1.807) is 12.1 Å². The van der Waals surface area contributed by atoms with Crippen molar-refractivity contribution in [2.75, 3.05) is 11.4 Å². The van der Waals surface area contributed by atoms with Gasteiger partial charge in [-0.15, -0.1) is 0 Å². The lowest BCUT2D eigenvalue weighted by molar-refractivity contribution is -0.137. The summed E-state index contributed by atoms with van der Waals surface area (Å²) in [5, 5.41) is 0. The first kappa shape index (κ1) is 19.7. The molecule has 0 radical (unpaired) electrons. The van der Waals surface area contributed by atoms with Crippen LogP contribution in [0.1, 0.15) is 15.9 Å². The smallest absolute Gasteiger partial charge is 0.416 e. The maximum Gasteiger partial charge on any atom is 0.416 e. The molecule has 0 spiro atoms. The highest BCUT2D eigenvalue weighted by Crippen LogP contribution is 2.37. The van der Waals surface area contributed by atoms with Gasteiger partial charge in [0, 0.05) is 3.57 Å². The highest BCUT2D eigenvalue weighted by Gasteiger charge is 2.33. The lowest BCUT2D eigenvalue weighted by Crippen LogP contribution is -2.23. The van der Waals surface area contributed by atoms with Crippen LogP contribution in [0.15, 0.2) is 42.5 Å². The maximum absolute atomic E-state index is 13.0. The molecule has 5 nitrogen and oxygen atoms in total. The number of anilines is 2. The van der Waals surface area contributed by atoms with Crippen LogP contribution in [0.4, 0.5) is 24.5 Å². The third-order valence-corrected chi connectivity index (χ3v) is 4.58. The molecule has 1 unspecified atom stereocenters. The number of esters is 1. The van der Waals surface area contributed by atoms with E-state index < -0.39 is 34.7 Å². The quantitative estimate of drug-likeness (QED) is 0.374. The molecule has 10 heteroatoms. The van der Waals surface area contributed by atoms with Crippen molar-refractivity contribution in [2.45, 2.75) is 6.18 Å². The Labute approximate surface area is 157 Å². The van der Waals surface area contributed by atoms with Gasteiger partial charge in [-0.3, -0.25) is 8.51 Å². The summed E-state index contributed by atoms with van der Waals surface area (Å²) in [5.74, 6) is -0.954. The Hall–Kier alpha value is -1.66. The molecule has 2 rings (SSSR count). The summed E-state index contributed by atoms with van der Waals surface area (Å²) in [5.41, 5.74) is -1.76. The molecule has 0 aliphatic rings. The van der Waals surface area contributed by atoms with E-state index in [0.717, 1.165) is 16.7 Å². The molecule has 0 saturated carbocycles. The first-order valence-electron chi connectivity index (χ1n) is 6.59. The molecule has 0 N–H and O–H groups in total. The lowest BCUT2D eigenvalue weighted by Gasteiger charge is -2.28. The van der Waals surface area contributed by atoms with Gasteiger partial charge in [-0.05, 0) is 65.1 Å². The topological polar surface area (TPSA) is 69.7 Å². The third kappa shape index (κ3) is 4.50. The van der Waals surface area contributed by atoms with E-state index in [4.69, 9.17) is 0 Å². The van der Waals surface area contributed by atoms with Gasteiger partial charge in [0.1, 0.15) is 0 Å². The van der Waals surface area contributed by atoms with E-state index >= 15 is 0 Å². The summed E-state index contributed by atoms with van der Waals surface area (Å²) in [6, 6.07) is 8.17. The predicted octanol–water partition coefficient (Wildman–Crippen LogP) is 4.03. The van der Waals surface area contributed by atoms with Crippen molar-refractivity contribution in [1.29, 1.82) is 0 Å². The van der Waals surface area contributed by atoms with E-state index in [2.05, 4.69) is 4.74 Å². The zero-order valence-electron chi connectivity index (χ0n) is 12.5. The molecule has 2 aromatic rings. The van der Waals surface area contributed by atoms with Crippen LogP contribution >= 0.6 is 22.6 Å². The van der Waals surface area contributed by atoms with E-state index in [1.807, 2.05) is 22.6 Å². The zero-order valence-corrected chi connectivity index (χ0v) is 15.5. The largest absolute Gasteiger partial charge is 0.755 e. The number of benzene rings is 2. The van der Waals surface area contributed by atoms with Gasteiger partial charge < -0.3 is 9.29 Å². The number of methoxy groups -OCH3 is 1. The first-order valence-corrected chi connectivity index (χ1v) is 8.71. The molecule has 0 aromatic heterocycles. The van der Waals surface area contributed by atoms with Crippen LogP contribution in [0.25, 0.3) is 0 Å². The average molecular weight is 484 g/mol. The second kappa shape index (κ2) is 7.70. The minimum Gasteiger partial charge on any atom is -0.755 e. The third-order valence-electron chi connectivity index (χ3n) is 3.16. The standard InChI is InChI=1S/C15H11F3INO4S/c1-24-14(21)12-7-2-9(15(16,17)18)8-13(12)20(25(22)23)11-5-3-10(19)4-6-11/h2-8H,1H3,(H,22,23)/p-1. The van der Waals surface area contributed by atoms with Gasteiger partial charge in [-0.1, -0.05) is 0 Å². The molecule has 0 fully saturated rings. The normalized spacial score (nSPS) is 12.6. The molecule has 0 saturated heterocycles. The van der Waals surface area contributed by atoms with Crippen molar-refractivity contribution < 1.29 is 31.5 Å². The molecule has 1 atom stereocenters. The monoisotopic (exact) mass is 484 g/mol. The summed E-state index contributed by atoms with van der Waals surface area (Å²) in [6.07, 6.45) is -4.70. The van der Waals surface area contributed by atoms with Gasteiger partial charge >= 0.3 is 12.1 Å². The average Bonchev–Trinajstić information content (AvgIpc) is 2.55. The summed E-state index contributed by atoms with van der Waals surface area (Å²) in [4.78, 5) is 11.9. The Balaban J connectivity index is 2.71. The van der Waals surface area contributed by atoms with Crippen molar-refractivity contribution >= 4 is 51.2 Å². The molecule has 0 heterocycles. The van der Waals surface area contributed by atoms with Crippen LogP contribution in [0, 0.1) is 3.57 Å². The summed E-state index contributed by atoms with van der Waals surface area (Å²) in [7, 11) is 1.05. The lowest BCUT2D eigenvalue weighted by atomic mass is 10.1. The van der Waals surface area contributed by atoms with Crippen molar-refractivity contribution in [3.8, 4) is 0 Å². The molecule has 2 aromatic carbocycles. The summed E-state index contributed by atoms with van der Waals surface area (Å²) < 4.78 is 68.4. The summed E-state index contributed by atoms with van der Waals surface area (Å²) in [6.45, 7) is 0. The van der Waals surface area contributed by atoms with Crippen molar-refractivity contribution in [3.63, 3.8) is 0 Å². The Morgan fingerprint density at radius 2 is 1.80 bits per heavy atom. The van der Waals surface area contributed by atoms with Crippen LogP contribution in [0.5, 0.6) is 0 Å². The number of alkyl halides is 3. The van der Waals surface area contributed by atoms with Crippen molar-refractivity contribution in [2.24, 2.45) is 0 Å². The number of halogens is 4. The van der Waals surface area contributed by atoms with Gasteiger partial charge in [0.05, 0.1) is 40.9 Å². The summed E-state index contributed by atoms with van der Waals surface area (Å²) >= 11 is -0.974. The Morgan fingerprint density at radius 1 is 1.20 bits per heavy atom. The van der Waals surface area contributed by atoms with E-state index in [-0.39, 0.29) is 11.3 Å². The minimum atomic E-state index is -4.70. The van der Waals surface area contributed by atoms with Crippen LogP contribution in [-0.4, -0.2) is 21.8 Å². The Morgan fingerprint density at radius 3 is 2.28 bits per heavy atom. The SMILES string of the molecule is COC(=O)c1ccc(C(F)(F)F)cc1N(c1ccc(I)cc1)S(=O)[O-]. The van der Waals surface area contributed by atoms with Gasteiger partial charge in [0.25, 0.3) is 0 Å². The molecule has 134 valence electrons. The second-order valence-corrected chi connectivity index (χ2v) is 6.75. The molecule has 0 bridgehead atoms. The van der Waals surface area contributed by atoms with Crippen molar-refractivity contribution in [1.82, 2.24) is 0 Å². The molecule has 25 heavy (non-hydrogen) atoms. The van der Waals surface area contributed by atoms with Gasteiger partial charge in [-0.25, -0.2) is 4.79 Å². The fraction of sp³-hybridized carbons (Fsp3) is 0.133. The number of rotatable bonds is 4. The minimum absolute atomic E-state index is 0.0817. The van der Waals surface area contributed by atoms with Crippen LogP contribution < -0.4 is 4.31 Å². The van der Waals surface area contributed by atoms with E-state index in [9.17, 15) is 26.7 Å². The molecular weight excluding hydrogens is 474 g/mol. The predicted molar refractivity (Wildman–Crippen MR) is 93.0 cm³/mol. The molecule has 0 amide bonds. The van der Waals surface area contributed by atoms with E-state index in [1.165, 1.54) is 12.1 Å².